The normalized spacial score (nSPS) is 14.5. The number of benzene rings is 1. The Labute approximate surface area is 331 Å². The number of nitrogens with one attached hydrogen (secondary N) is 6. The fourth-order valence-electron chi connectivity index (χ4n) is 4.98. The van der Waals surface area contributed by atoms with Crippen molar-refractivity contribution in [2.45, 2.75) is 101 Å². The van der Waals surface area contributed by atoms with Gasteiger partial charge in [-0.25, -0.2) is 4.79 Å². The molecule has 1 aromatic carbocycles. The molecule has 0 aromatic heterocycles. The SMILES string of the molecule is CC(C)[C@H](N)C(=O)N[C@@H](CCC(=O)O)C(=O)N[C@@H](Cc1ccccc1)C(=O)N[C@@H](CO)C(=O)N[C@@H](CCC(=O)O)C(=O)N[C@@H](CCC(=O)O)C(=O)N[C@@H](CO)C(=O)O. The third kappa shape index (κ3) is 18.2. The molecule has 58 heavy (non-hydrogen) atoms. The van der Waals surface area contributed by atoms with Gasteiger partial charge < -0.3 is 68.3 Å². The predicted octanol–water partition coefficient (Wildman–Crippen LogP) is -4.22. The molecule has 0 radical (unpaired) electrons. The van der Waals surface area contributed by atoms with Gasteiger partial charge in [0.25, 0.3) is 0 Å². The van der Waals surface area contributed by atoms with Gasteiger partial charge in [-0.3, -0.25) is 43.2 Å². The molecule has 0 bridgehead atoms. The molecule has 1 aromatic rings. The zero-order chi connectivity index (χ0) is 44.1. The van der Waals surface area contributed by atoms with Gasteiger partial charge in [-0.2, -0.15) is 0 Å². The Hall–Kier alpha value is -6.20. The molecule has 14 N–H and O–H groups in total. The summed E-state index contributed by atoms with van der Waals surface area (Å²) in [6.45, 7) is 1.09. The van der Waals surface area contributed by atoms with Crippen LogP contribution in [-0.4, -0.2) is 145 Å². The van der Waals surface area contributed by atoms with Crippen molar-refractivity contribution in [2.24, 2.45) is 11.7 Å². The Bertz CT molecular complexity index is 1630. The standard InChI is InChI=1S/C35H51N7O16/c1-17(2)28(36)34(56)39-21(10-13-27(49)50)30(52)40-22(14-18-6-4-3-5-7-18)32(54)41-23(15-43)33(55)38-19(8-11-25(45)46)29(51)37-20(9-12-26(47)48)31(53)42-24(16-44)35(57)58/h3-7,17,19-24,28,43-44H,8-16,36H2,1-2H3,(H,37,51)(H,38,55)(H,39,56)(H,40,52)(H,41,54)(H,42,53)(H,45,46)(H,47,48)(H,49,50)(H,57,58)/t19-,20-,21-,22-,23-,24-,28-/m0/s1. The Morgan fingerprint density at radius 2 is 0.828 bits per heavy atom. The average molecular weight is 826 g/mol. The van der Waals surface area contributed by atoms with Gasteiger partial charge in [-0.15, -0.1) is 0 Å². The molecule has 0 aliphatic rings. The number of aliphatic hydroxyl groups is 2. The number of carboxylic acids is 4. The molecule has 0 aliphatic carbocycles. The summed E-state index contributed by atoms with van der Waals surface area (Å²) in [5, 5.41) is 69.4. The molecule has 0 spiro atoms. The van der Waals surface area contributed by atoms with Gasteiger partial charge in [-0.05, 0) is 30.7 Å². The summed E-state index contributed by atoms with van der Waals surface area (Å²) >= 11 is 0. The quantitative estimate of drug-likeness (QED) is 0.0400. The summed E-state index contributed by atoms with van der Waals surface area (Å²) in [6, 6.07) is -3.29. The summed E-state index contributed by atoms with van der Waals surface area (Å²) in [7, 11) is 0. The van der Waals surface area contributed by atoms with E-state index in [1.165, 1.54) is 0 Å². The zero-order valence-corrected chi connectivity index (χ0v) is 31.7. The van der Waals surface area contributed by atoms with E-state index >= 15 is 0 Å². The van der Waals surface area contributed by atoms with Crippen LogP contribution in [0.5, 0.6) is 0 Å². The van der Waals surface area contributed by atoms with Crippen molar-refractivity contribution >= 4 is 59.3 Å². The summed E-state index contributed by atoms with van der Waals surface area (Å²) in [4.78, 5) is 125. The molecule has 0 heterocycles. The number of hydrogen-bond acceptors (Lipinski definition) is 13. The molecule has 0 saturated heterocycles. The lowest BCUT2D eigenvalue weighted by atomic mass is 10.0. The van der Waals surface area contributed by atoms with E-state index in [2.05, 4.69) is 26.6 Å². The van der Waals surface area contributed by atoms with E-state index in [-0.39, 0.29) is 12.3 Å². The smallest absolute Gasteiger partial charge is 0.328 e. The van der Waals surface area contributed by atoms with Crippen LogP contribution in [0.2, 0.25) is 0 Å². The first kappa shape index (κ1) is 49.8. The number of aliphatic hydroxyl groups excluding tert-OH is 2. The highest BCUT2D eigenvalue weighted by atomic mass is 16.4. The molecule has 0 aliphatic heterocycles. The Morgan fingerprint density at radius 3 is 1.19 bits per heavy atom. The Kier molecular flexibility index (Phi) is 21.6. The Morgan fingerprint density at radius 1 is 0.500 bits per heavy atom. The second kappa shape index (κ2) is 25.1. The second-order valence-corrected chi connectivity index (χ2v) is 13.3. The minimum absolute atomic E-state index is 0.230. The highest BCUT2D eigenvalue weighted by Gasteiger charge is 2.34. The lowest BCUT2D eigenvalue weighted by Crippen LogP contribution is -2.61. The van der Waals surface area contributed by atoms with Gasteiger partial charge in [0.05, 0.1) is 19.3 Å². The Balaban J connectivity index is 3.37. The monoisotopic (exact) mass is 825 g/mol. The van der Waals surface area contributed by atoms with Gasteiger partial charge >= 0.3 is 23.9 Å². The number of aliphatic carboxylic acids is 4. The molecule has 23 nitrogen and oxygen atoms in total. The van der Waals surface area contributed by atoms with Crippen LogP contribution in [0.15, 0.2) is 30.3 Å². The number of carbonyl (C=O) groups is 10. The van der Waals surface area contributed by atoms with Gasteiger partial charge in [-0.1, -0.05) is 44.2 Å². The van der Waals surface area contributed by atoms with E-state index in [4.69, 9.17) is 15.9 Å². The zero-order valence-electron chi connectivity index (χ0n) is 31.7. The van der Waals surface area contributed by atoms with Gasteiger partial charge in [0.1, 0.15) is 36.3 Å². The minimum Gasteiger partial charge on any atom is -0.481 e. The van der Waals surface area contributed by atoms with E-state index in [0.717, 1.165) is 0 Å². The molecule has 0 fully saturated rings. The molecule has 0 unspecified atom stereocenters. The lowest BCUT2D eigenvalue weighted by Gasteiger charge is -2.27. The van der Waals surface area contributed by atoms with Crippen molar-refractivity contribution < 1.29 is 78.6 Å². The highest BCUT2D eigenvalue weighted by molar-refractivity contribution is 5.97. The van der Waals surface area contributed by atoms with Crippen molar-refractivity contribution in [1.29, 1.82) is 0 Å². The van der Waals surface area contributed by atoms with Crippen molar-refractivity contribution in [1.82, 2.24) is 31.9 Å². The molecule has 7 atom stereocenters. The lowest BCUT2D eigenvalue weighted by molar-refractivity contribution is -0.144. The first-order valence-corrected chi connectivity index (χ1v) is 17.9. The maximum Gasteiger partial charge on any atom is 0.328 e. The largest absolute Gasteiger partial charge is 0.481 e. The molecule has 6 amide bonds. The summed E-state index contributed by atoms with van der Waals surface area (Å²) in [6.07, 6.45) is -3.93. The molecule has 0 saturated carbocycles. The predicted molar refractivity (Wildman–Crippen MR) is 197 cm³/mol. The second-order valence-electron chi connectivity index (χ2n) is 13.3. The van der Waals surface area contributed by atoms with Crippen molar-refractivity contribution in [3.8, 4) is 0 Å². The van der Waals surface area contributed by atoms with E-state index in [9.17, 15) is 68.4 Å². The highest BCUT2D eigenvalue weighted by Crippen LogP contribution is 2.09. The number of amides is 6. The maximum absolute atomic E-state index is 13.7. The molecule has 23 heteroatoms. The average Bonchev–Trinajstić information content (AvgIpc) is 3.16. The molecular weight excluding hydrogens is 774 g/mol. The van der Waals surface area contributed by atoms with Crippen molar-refractivity contribution in [2.75, 3.05) is 13.2 Å². The first-order chi connectivity index (χ1) is 27.2. The van der Waals surface area contributed by atoms with E-state index in [1.54, 1.807) is 44.2 Å². The number of hydrogen-bond donors (Lipinski definition) is 13. The van der Waals surface area contributed by atoms with Crippen LogP contribution < -0.4 is 37.6 Å². The van der Waals surface area contributed by atoms with Crippen LogP contribution in [0, 0.1) is 5.92 Å². The number of nitrogens with two attached hydrogens (primary N) is 1. The van der Waals surface area contributed by atoms with Crippen LogP contribution in [0.25, 0.3) is 0 Å². The fourth-order valence-corrected chi connectivity index (χ4v) is 4.98. The third-order valence-corrected chi connectivity index (χ3v) is 8.39. The van der Waals surface area contributed by atoms with Crippen LogP contribution in [0.3, 0.4) is 0 Å². The number of carboxylic acid groups (broad SMARTS) is 4. The summed E-state index contributed by atoms with van der Waals surface area (Å²) in [5.41, 5.74) is 6.38. The molecule has 1 rings (SSSR count). The van der Waals surface area contributed by atoms with Gasteiger partial charge in [0.2, 0.25) is 35.4 Å². The van der Waals surface area contributed by atoms with E-state index in [1.807, 2.05) is 5.32 Å². The molecular formula is C35H51N7O16. The third-order valence-electron chi connectivity index (χ3n) is 8.39. The van der Waals surface area contributed by atoms with Crippen LogP contribution in [0.4, 0.5) is 0 Å². The van der Waals surface area contributed by atoms with Crippen molar-refractivity contribution in [3.05, 3.63) is 35.9 Å². The summed E-state index contributed by atoms with van der Waals surface area (Å²) in [5.74, 6) is -12.8. The van der Waals surface area contributed by atoms with Crippen LogP contribution >= 0.6 is 0 Å². The van der Waals surface area contributed by atoms with Gasteiger partial charge in [0, 0.05) is 25.7 Å². The molecule has 322 valence electrons. The maximum atomic E-state index is 13.7. The van der Waals surface area contributed by atoms with Crippen LogP contribution in [-0.2, 0) is 54.4 Å². The first-order valence-electron chi connectivity index (χ1n) is 17.9. The number of carbonyl (C=O) groups excluding carboxylic acids is 6. The topological polar surface area (TPSA) is 390 Å². The van der Waals surface area contributed by atoms with Crippen LogP contribution in [0.1, 0.15) is 57.9 Å². The van der Waals surface area contributed by atoms with Crippen molar-refractivity contribution in [3.63, 3.8) is 0 Å². The van der Waals surface area contributed by atoms with Gasteiger partial charge in [0.15, 0.2) is 0 Å². The summed E-state index contributed by atoms with van der Waals surface area (Å²) < 4.78 is 0. The van der Waals surface area contributed by atoms with E-state index in [0.29, 0.717) is 5.56 Å². The number of rotatable bonds is 27. The fraction of sp³-hybridized carbons (Fsp3) is 0.543. The minimum atomic E-state index is -1.87. The van der Waals surface area contributed by atoms with E-state index < -0.39 is 153 Å².